The van der Waals surface area contributed by atoms with Gasteiger partial charge in [-0.3, -0.25) is 0 Å². The first kappa shape index (κ1) is 9.18. The van der Waals surface area contributed by atoms with Gasteiger partial charge in [-0.05, 0) is 13.3 Å². The molecule has 0 amide bonds. The molecule has 0 saturated carbocycles. The van der Waals surface area contributed by atoms with Crippen LogP contribution >= 0.6 is 15.9 Å². The van der Waals surface area contributed by atoms with Crippen LogP contribution in [0.5, 0.6) is 0 Å². The third-order valence-electron chi connectivity index (χ3n) is 1.00. The van der Waals surface area contributed by atoms with Crippen molar-refractivity contribution in [2.24, 2.45) is 0 Å². The molecule has 9 heavy (non-hydrogen) atoms. The first-order chi connectivity index (χ1) is 4.35. The van der Waals surface area contributed by atoms with Crippen molar-refractivity contribution in [3.8, 4) is 0 Å². The Bertz CT molecular complexity index is 73.3. The Kier molecular flexibility index (Phi) is 6.43. The van der Waals surface area contributed by atoms with Gasteiger partial charge in [-0.1, -0.05) is 22.0 Å². The summed E-state index contributed by atoms with van der Waals surface area (Å²) in [7, 11) is 0. The van der Waals surface area contributed by atoms with Crippen LogP contribution in [0.1, 0.15) is 13.3 Å². The summed E-state index contributed by atoms with van der Waals surface area (Å²) in [5, 5.41) is 0.896. The van der Waals surface area contributed by atoms with Crippen molar-refractivity contribution in [1.29, 1.82) is 0 Å². The molecule has 0 bridgehead atoms. The van der Waals surface area contributed by atoms with E-state index in [-0.39, 0.29) is 0 Å². The maximum Gasteiger partial charge on any atom is 0.0705 e. The molecule has 54 valence electrons. The normalized spacial score (nSPS) is 13.1. The van der Waals surface area contributed by atoms with Crippen LogP contribution in [0.3, 0.4) is 0 Å². The molecule has 0 aliphatic heterocycles. The molecule has 1 atom stereocenters. The third-order valence-corrected chi connectivity index (χ3v) is 1.73. The summed E-state index contributed by atoms with van der Waals surface area (Å²) in [4.78, 5) is 0. The predicted octanol–water partition coefficient (Wildman–Crippen LogP) is 2.36. The van der Waals surface area contributed by atoms with Crippen LogP contribution in [0.15, 0.2) is 12.7 Å². The van der Waals surface area contributed by atoms with Crippen molar-refractivity contribution in [2.45, 2.75) is 19.4 Å². The Labute approximate surface area is 65.2 Å². The molecular formula is C7H13BrO. The highest BCUT2D eigenvalue weighted by Crippen LogP contribution is 2.02. The average Bonchev–Trinajstić information content (AvgIpc) is 1.88. The Hall–Kier alpha value is 0.180. The Morgan fingerprint density at radius 2 is 2.44 bits per heavy atom. The maximum atomic E-state index is 5.31. The van der Waals surface area contributed by atoms with Gasteiger partial charge in [-0.2, -0.15) is 0 Å². The quantitative estimate of drug-likeness (QED) is 0.481. The van der Waals surface area contributed by atoms with Crippen molar-refractivity contribution in [1.82, 2.24) is 0 Å². The number of alkyl halides is 1. The van der Waals surface area contributed by atoms with E-state index >= 15 is 0 Å². The fraction of sp³-hybridized carbons (Fsp3) is 0.714. The Morgan fingerprint density at radius 3 is 2.78 bits per heavy atom. The minimum Gasteiger partial charge on any atom is -0.377 e. The molecule has 0 aromatic rings. The summed E-state index contributed by atoms with van der Waals surface area (Å²) in [5.41, 5.74) is 0. The minimum absolute atomic E-state index is 0.312. The summed E-state index contributed by atoms with van der Waals surface area (Å²) in [6.45, 7) is 6.41. The summed E-state index contributed by atoms with van der Waals surface area (Å²) in [6.07, 6.45) is 3.12. The molecule has 1 nitrogen and oxygen atoms in total. The van der Waals surface area contributed by atoms with Crippen LogP contribution in [0.25, 0.3) is 0 Å². The van der Waals surface area contributed by atoms with Gasteiger partial charge in [0.1, 0.15) is 0 Å². The van der Waals surface area contributed by atoms with Gasteiger partial charge in [0.15, 0.2) is 0 Å². The van der Waals surface area contributed by atoms with Gasteiger partial charge >= 0.3 is 0 Å². The molecule has 0 saturated heterocycles. The highest BCUT2D eigenvalue weighted by atomic mass is 79.9. The molecule has 0 aromatic heterocycles. The molecule has 0 rings (SSSR count). The Balaban J connectivity index is 3.28. The monoisotopic (exact) mass is 192 g/mol. The molecule has 0 aliphatic carbocycles. The largest absolute Gasteiger partial charge is 0.377 e. The van der Waals surface area contributed by atoms with Gasteiger partial charge in [0, 0.05) is 11.9 Å². The van der Waals surface area contributed by atoms with E-state index in [4.69, 9.17) is 4.74 Å². The second kappa shape index (κ2) is 6.30. The van der Waals surface area contributed by atoms with Gasteiger partial charge in [0.25, 0.3) is 0 Å². The summed E-state index contributed by atoms with van der Waals surface area (Å²) >= 11 is 3.35. The lowest BCUT2D eigenvalue weighted by Gasteiger charge is -2.10. The topological polar surface area (TPSA) is 9.23 Å². The van der Waals surface area contributed by atoms with Crippen molar-refractivity contribution in [3.63, 3.8) is 0 Å². The standard InChI is InChI=1S/C7H13BrO/c1-3-5-7(6-8)9-4-2/h3,7H,1,4-6H2,2H3. The van der Waals surface area contributed by atoms with Gasteiger partial charge in [-0.15, -0.1) is 6.58 Å². The lowest BCUT2D eigenvalue weighted by atomic mass is 10.3. The van der Waals surface area contributed by atoms with E-state index < -0.39 is 0 Å². The fourth-order valence-electron chi connectivity index (χ4n) is 0.597. The lowest BCUT2D eigenvalue weighted by molar-refractivity contribution is 0.0829. The number of hydrogen-bond acceptors (Lipinski definition) is 1. The second-order valence-corrected chi connectivity index (χ2v) is 2.40. The average molecular weight is 193 g/mol. The van der Waals surface area contributed by atoms with E-state index in [2.05, 4.69) is 22.5 Å². The van der Waals surface area contributed by atoms with E-state index in [0.717, 1.165) is 18.4 Å². The summed E-state index contributed by atoms with van der Waals surface area (Å²) in [5.74, 6) is 0. The number of halogens is 1. The second-order valence-electron chi connectivity index (χ2n) is 1.76. The SMILES string of the molecule is C=CCC(CBr)OCC. The van der Waals surface area contributed by atoms with Gasteiger partial charge in [0.05, 0.1) is 6.10 Å². The maximum absolute atomic E-state index is 5.31. The van der Waals surface area contributed by atoms with Crippen LogP contribution in [0.4, 0.5) is 0 Å². The van der Waals surface area contributed by atoms with Crippen molar-refractivity contribution < 1.29 is 4.74 Å². The zero-order chi connectivity index (χ0) is 7.11. The molecule has 1 unspecified atom stereocenters. The van der Waals surface area contributed by atoms with Crippen molar-refractivity contribution in [2.75, 3.05) is 11.9 Å². The molecule has 0 N–H and O–H groups in total. The van der Waals surface area contributed by atoms with Crippen LogP contribution in [-0.2, 0) is 4.74 Å². The van der Waals surface area contributed by atoms with E-state index in [1.165, 1.54) is 0 Å². The van der Waals surface area contributed by atoms with Crippen molar-refractivity contribution in [3.05, 3.63) is 12.7 Å². The third kappa shape index (κ3) is 4.67. The van der Waals surface area contributed by atoms with E-state index in [1.54, 1.807) is 0 Å². The Morgan fingerprint density at radius 1 is 1.78 bits per heavy atom. The zero-order valence-corrected chi connectivity index (χ0v) is 7.36. The van der Waals surface area contributed by atoms with Crippen LogP contribution in [0, 0.1) is 0 Å². The molecule has 0 aromatic carbocycles. The molecule has 0 spiro atoms. The highest BCUT2D eigenvalue weighted by molar-refractivity contribution is 9.09. The molecule has 0 radical (unpaired) electrons. The number of hydrogen-bond donors (Lipinski definition) is 0. The van der Waals surface area contributed by atoms with Crippen LogP contribution < -0.4 is 0 Å². The predicted molar refractivity (Wildman–Crippen MR) is 44.0 cm³/mol. The number of ether oxygens (including phenoxy) is 1. The van der Waals surface area contributed by atoms with Crippen molar-refractivity contribution >= 4 is 15.9 Å². The molecule has 2 heteroatoms. The fourth-order valence-corrected chi connectivity index (χ4v) is 1.05. The van der Waals surface area contributed by atoms with Gasteiger partial charge < -0.3 is 4.74 Å². The lowest BCUT2D eigenvalue weighted by Crippen LogP contribution is -2.12. The molecule has 0 heterocycles. The summed E-state index contributed by atoms with van der Waals surface area (Å²) < 4.78 is 5.31. The molecular weight excluding hydrogens is 180 g/mol. The van der Waals surface area contributed by atoms with E-state index in [1.807, 2.05) is 13.0 Å². The molecule has 0 aliphatic rings. The van der Waals surface area contributed by atoms with Gasteiger partial charge in [-0.25, -0.2) is 0 Å². The minimum atomic E-state index is 0.312. The first-order valence-corrected chi connectivity index (χ1v) is 4.25. The first-order valence-electron chi connectivity index (χ1n) is 3.13. The molecule has 0 fully saturated rings. The zero-order valence-electron chi connectivity index (χ0n) is 5.77. The van der Waals surface area contributed by atoms with E-state index in [0.29, 0.717) is 6.10 Å². The highest BCUT2D eigenvalue weighted by Gasteiger charge is 2.01. The summed E-state index contributed by atoms with van der Waals surface area (Å²) in [6, 6.07) is 0. The van der Waals surface area contributed by atoms with E-state index in [9.17, 15) is 0 Å². The van der Waals surface area contributed by atoms with Crippen LogP contribution in [-0.4, -0.2) is 18.0 Å². The van der Waals surface area contributed by atoms with Gasteiger partial charge in [0.2, 0.25) is 0 Å². The van der Waals surface area contributed by atoms with Crippen LogP contribution in [0.2, 0.25) is 0 Å². The number of rotatable bonds is 5. The smallest absolute Gasteiger partial charge is 0.0705 e.